The molecule has 6 nitrogen and oxygen atoms in total. The first kappa shape index (κ1) is 13.0. The van der Waals surface area contributed by atoms with E-state index in [0.29, 0.717) is 11.1 Å². The summed E-state index contributed by atoms with van der Waals surface area (Å²) in [6, 6.07) is 0.123. The summed E-state index contributed by atoms with van der Waals surface area (Å²) in [6.45, 7) is 5.82. The lowest BCUT2D eigenvalue weighted by Crippen LogP contribution is -2.35. The van der Waals surface area contributed by atoms with Crippen LogP contribution in [-0.4, -0.2) is 27.4 Å². The van der Waals surface area contributed by atoms with Crippen molar-refractivity contribution in [2.24, 2.45) is 5.73 Å². The van der Waals surface area contributed by atoms with E-state index in [1.54, 1.807) is 6.92 Å². The van der Waals surface area contributed by atoms with Crippen LogP contribution in [0.15, 0.2) is 9.64 Å². The van der Waals surface area contributed by atoms with Crippen molar-refractivity contribution in [1.29, 1.82) is 0 Å². The third-order valence-electron chi connectivity index (χ3n) is 1.70. The van der Waals surface area contributed by atoms with E-state index >= 15 is 0 Å². The van der Waals surface area contributed by atoms with Gasteiger partial charge >= 0.3 is 0 Å². The minimum atomic E-state index is -0.270. The predicted octanol–water partition coefficient (Wildman–Crippen LogP) is 0.533. The SMILES string of the molecule is CC(C)NC(=O)C(C)Sc1nnc(CN)o1. The smallest absolute Gasteiger partial charge is 0.277 e. The maximum absolute atomic E-state index is 11.6. The van der Waals surface area contributed by atoms with Gasteiger partial charge < -0.3 is 15.5 Å². The molecule has 0 aliphatic carbocycles. The summed E-state index contributed by atoms with van der Waals surface area (Å²) in [6.07, 6.45) is 0. The van der Waals surface area contributed by atoms with Crippen molar-refractivity contribution in [1.82, 2.24) is 15.5 Å². The Kier molecular flexibility index (Phi) is 4.75. The van der Waals surface area contributed by atoms with Crippen molar-refractivity contribution in [3.05, 3.63) is 5.89 Å². The first-order chi connectivity index (χ1) is 7.52. The lowest BCUT2D eigenvalue weighted by atomic mass is 10.3. The fourth-order valence-electron chi connectivity index (χ4n) is 0.975. The van der Waals surface area contributed by atoms with Crippen LogP contribution in [0.5, 0.6) is 0 Å². The lowest BCUT2D eigenvalue weighted by Gasteiger charge is -2.12. The van der Waals surface area contributed by atoms with E-state index < -0.39 is 0 Å². The molecule has 0 saturated heterocycles. The summed E-state index contributed by atoms with van der Waals surface area (Å²) in [7, 11) is 0. The van der Waals surface area contributed by atoms with Crippen molar-refractivity contribution in [2.45, 2.75) is 43.8 Å². The Balaban J connectivity index is 2.50. The number of nitrogens with two attached hydrogens (primary N) is 1. The molecule has 1 unspecified atom stereocenters. The molecule has 7 heteroatoms. The van der Waals surface area contributed by atoms with E-state index in [-0.39, 0.29) is 23.7 Å². The van der Waals surface area contributed by atoms with Crippen molar-refractivity contribution in [3.63, 3.8) is 0 Å². The van der Waals surface area contributed by atoms with Gasteiger partial charge in [-0.15, -0.1) is 10.2 Å². The highest BCUT2D eigenvalue weighted by molar-refractivity contribution is 8.00. The van der Waals surface area contributed by atoms with E-state index in [0.717, 1.165) is 0 Å². The van der Waals surface area contributed by atoms with Gasteiger partial charge in [-0.05, 0) is 20.8 Å². The molecule has 3 N–H and O–H groups in total. The fourth-order valence-corrected chi connectivity index (χ4v) is 1.68. The molecule has 1 amide bonds. The molecule has 1 aromatic rings. The molecule has 1 atom stereocenters. The summed E-state index contributed by atoms with van der Waals surface area (Å²) < 4.78 is 5.19. The Morgan fingerprint density at radius 2 is 2.19 bits per heavy atom. The molecule has 1 heterocycles. The molecule has 90 valence electrons. The molecule has 16 heavy (non-hydrogen) atoms. The third-order valence-corrected chi connectivity index (χ3v) is 2.63. The second kappa shape index (κ2) is 5.86. The van der Waals surface area contributed by atoms with E-state index in [1.165, 1.54) is 11.8 Å². The molecule has 0 aromatic carbocycles. The van der Waals surface area contributed by atoms with Gasteiger partial charge in [0.25, 0.3) is 5.22 Å². The number of rotatable bonds is 5. The van der Waals surface area contributed by atoms with Gasteiger partial charge in [0.05, 0.1) is 11.8 Å². The van der Waals surface area contributed by atoms with Crippen LogP contribution in [0.25, 0.3) is 0 Å². The monoisotopic (exact) mass is 244 g/mol. The molecule has 0 radical (unpaired) electrons. The maximum Gasteiger partial charge on any atom is 0.277 e. The molecule has 0 fully saturated rings. The summed E-state index contributed by atoms with van der Waals surface area (Å²) >= 11 is 1.22. The highest BCUT2D eigenvalue weighted by Crippen LogP contribution is 2.21. The summed E-state index contributed by atoms with van der Waals surface area (Å²) in [5, 5.41) is 10.4. The molecule has 0 aliphatic heterocycles. The average molecular weight is 244 g/mol. The highest BCUT2D eigenvalue weighted by Gasteiger charge is 2.18. The molecule has 1 aromatic heterocycles. The molecular weight excluding hydrogens is 228 g/mol. The van der Waals surface area contributed by atoms with E-state index in [9.17, 15) is 4.79 Å². The Labute approximate surface area is 98.4 Å². The van der Waals surface area contributed by atoms with Gasteiger partial charge in [-0.1, -0.05) is 11.8 Å². The first-order valence-electron chi connectivity index (χ1n) is 5.02. The summed E-state index contributed by atoms with van der Waals surface area (Å²) in [5.74, 6) is 0.325. The van der Waals surface area contributed by atoms with E-state index in [2.05, 4.69) is 15.5 Å². The van der Waals surface area contributed by atoms with E-state index in [1.807, 2.05) is 13.8 Å². The Morgan fingerprint density at radius 3 is 2.69 bits per heavy atom. The molecule has 0 spiro atoms. The lowest BCUT2D eigenvalue weighted by molar-refractivity contribution is -0.120. The van der Waals surface area contributed by atoms with Crippen molar-refractivity contribution in [2.75, 3.05) is 0 Å². The standard InChI is InChI=1S/C9H16N4O2S/c1-5(2)11-8(14)6(3)16-9-13-12-7(4-10)15-9/h5-6H,4,10H2,1-3H3,(H,11,14). The topological polar surface area (TPSA) is 94.0 Å². The second-order valence-electron chi connectivity index (χ2n) is 3.59. The zero-order chi connectivity index (χ0) is 12.1. The number of carbonyl (C=O) groups excluding carboxylic acids is 1. The predicted molar refractivity (Wildman–Crippen MR) is 60.8 cm³/mol. The number of nitrogens with one attached hydrogen (secondary N) is 1. The van der Waals surface area contributed by atoms with Crippen LogP contribution in [-0.2, 0) is 11.3 Å². The highest BCUT2D eigenvalue weighted by atomic mass is 32.2. The van der Waals surface area contributed by atoms with Gasteiger partial charge in [-0.3, -0.25) is 4.79 Å². The number of carbonyl (C=O) groups is 1. The van der Waals surface area contributed by atoms with Gasteiger partial charge in [0.1, 0.15) is 0 Å². The van der Waals surface area contributed by atoms with Gasteiger partial charge in [0.2, 0.25) is 11.8 Å². The van der Waals surface area contributed by atoms with Crippen molar-refractivity contribution < 1.29 is 9.21 Å². The Hall–Kier alpha value is -1.08. The number of amides is 1. The molecular formula is C9H16N4O2S. The zero-order valence-corrected chi connectivity index (χ0v) is 10.4. The number of nitrogens with zero attached hydrogens (tertiary/aromatic N) is 2. The Morgan fingerprint density at radius 1 is 1.50 bits per heavy atom. The molecule has 0 saturated carbocycles. The minimum absolute atomic E-state index is 0.0486. The first-order valence-corrected chi connectivity index (χ1v) is 5.90. The zero-order valence-electron chi connectivity index (χ0n) is 9.56. The van der Waals surface area contributed by atoms with Gasteiger partial charge in [-0.2, -0.15) is 0 Å². The van der Waals surface area contributed by atoms with Crippen LogP contribution in [0.2, 0.25) is 0 Å². The van der Waals surface area contributed by atoms with Crippen molar-refractivity contribution in [3.8, 4) is 0 Å². The van der Waals surface area contributed by atoms with Crippen molar-refractivity contribution >= 4 is 17.7 Å². The van der Waals surface area contributed by atoms with Crippen LogP contribution in [0.3, 0.4) is 0 Å². The summed E-state index contributed by atoms with van der Waals surface area (Å²) in [5.41, 5.74) is 5.33. The fraction of sp³-hybridized carbons (Fsp3) is 0.667. The maximum atomic E-state index is 11.6. The number of hydrogen-bond acceptors (Lipinski definition) is 6. The average Bonchev–Trinajstić information content (AvgIpc) is 2.64. The molecule has 0 aliphatic rings. The Bertz CT molecular complexity index is 353. The van der Waals surface area contributed by atoms with Crippen LogP contribution < -0.4 is 11.1 Å². The largest absolute Gasteiger partial charge is 0.415 e. The number of thioether (sulfide) groups is 1. The third kappa shape index (κ3) is 3.82. The van der Waals surface area contributed by atoms with Crippen LogP contribution in [0, 0.1) is 0 Å². The quantitative estimate of drug-likeness (QED) is 0.734. The molecule has 1 rings (SSSR count). The van der Waals surface area contributed by atoms with Crippen LogP contribution in [0.1, 0.15) is 26.7 Å². The second-order valence-corrected chi connectivity index (χ2v) is 4.88. The van der Waals surface area contributed by atoms with Crippen LogP contribution in [0.4, 0.5) is 0 Å². The van der Waals surface area contributed by atoms with E-state index in [4.69, 9.17) is 10.2 Å². The van der Waals surface area contributed by atoms with Gasteiger partial charge in [0.15, 0.2) is 0 Å². The number of aromatic nitrogens is 2. The minimum Gasteiger partial charge on any atom is -0.415 e. The summed E-state index contributed by atoms with van der Waals surface area (Å²) in [4.78, 5) is 11.6. The number of hydrogen-bond donors (Lipinski definition) is 2. The normalized spacial score (nSPS) is 12.8. The van der Waals surface area contributed by atoms with Gasteiger partial charge in [-0.25, -0.2) is 0 Å². The van der Waals surface area contributed by atoms with Crippen LogP contribution >= 0.6 is 11.8 Å². The molecule has 0 bridgehead atoms. The van der Waals surface area contributed by atoms with Gasteiger partial charge in [0, 0.05) is 6.04 Å².